The number of furan rings is 1. The molecular formula is C20H26N2O2. The maximum Gasteiger partial charge on any atom is 0.220 e. The summed E-state index contributed by atoms with van der Waals surface area (Å²) in [6.45, 7) is 8.11. The fraction of sp³-hybridized carbons (Fsp3) is 0.450. The van der Waals surface area contributed by atoms with E-state index in [4.69, 9.17) is 4.42 Å². The van der Waals surface area contributed by atoms with Gasteiger partial charge in [0.25, 0.3) is 0 Å². The number of hydrogen-bond acceptors (Lipinski definition) is 3. The van der Waals surface area contributed by atoms with E-state index in [9.17, 15) is 4.79 Å². The van der Waals surface area contributed by atoms with Crippen LogP contribution in [0.15, 0.2) is 40.8 Å². The zero-order valence-corrected chi connectivity index (χ0v) is 14.7. The summed E-state index contributed by atoms with van der Waals surface area (Å²) in [4.78, 5) is 13.9. The lowest BCUT2D eigenvalue weighted by atomic mass is 10.0. The molecule has 1 aliphatic heterocycles. The Labute approximate surface area is 143 Å². The van der Waals surface area contributed by atoms with Gasteiger partial charge >= 0.3 is 0 Å². The van der Waals surface area contributed by atoms with E-state index in [2.05, 4.69) is 42.3 Å². The maximum absolute atomic E-state index is 11.5. The third-order valence-corrected chi connectivity index (χ3v) is 4.67. The van der Waals surface area contributed by atoms with Gasteiger partial charge in [-0.05, 0) is 44.9 Å². The summed E-state index contributed by atoms with van der Waals surface area (Å²) in [7, 11) is 0. The van der Waals surface area contributed by atoms with Crippen molar-refractivity contribution in [2.75, 3.05) is 6.54 Å². The average molecular weight is 326 g/mol. The summed E-state index contributed by atoms with van der Waals surface area (Å²) < 4.78 is 5.82. The first kappa shape index (κ1) is 16.8. The summed E-state index contributed by atoms with van der Waals surface area (Å²) >= 11 is 0. The van der Waals surface area contributed by atoms with Crippen molar-refractivity contribution >= 4 is 5.91 Å². The molecule has 3 rings (SSSR count). The van der Waals surface area contributed by atoms with Crippen LogP contribution < -0.4 is 5.32 Å². The van der Waals surface area contributed by atoms with Gasteiger partial charge in [0.2, 0.25) is 5.91 Å². The number of aryl methyl sites for hydroxylation is 1. The number of hydrogen-bond donors (Lipinski definition) is 1. The van der Waals surface area contributed by atoms with Gasteiger partial charge in [0.05, 0.1) is 0 Å². The first-order valence-corrected chi connectivity index (χ1v) is 8.71. The van der Waals surface area contributed by atoms with Crippen LogP contribution in [0, 0.1) is 6.92 Å². The van der Waals surface area contributed by atoms with Gasteiger partial charge in [-0.3, -0.25) is 9.69 Å². The summed E-state index contributed by atoms with van der Waals surface area (Å²) in [5, 5.41) is 3.08. The van der Waals surface area contributed by atoms with Crippen LogP contribution in [-0.4, -0.2) is 29.4 Å². The molecule has 1 unspecified atom stereocenters. The highest BCUT2D eigenvalue weighted by molar-refractivity contribution is 5.78. The van der Waals surface area contributed by atoms with Crippen LogP contribution in [0.2, 0.25) is 0 Å². The molecule has 0 saturated carbocycles. The van der Waals surface area contributed by atoms with E-state index < -0.39 is 0 Å². The summed E-state index contributed by atoms with van der Waals surface area (Å²) in [6, 6.07) is 13.1. The summed E-state index contributed by atoms with van der Waals surface area (Å²) in [5.41, 5.74) is 2.40. The molecule has 1 atom stereocenters. The van der Waals surface area contributed by atoms with Crippen LogP contribution >= 0.6 is 0 Å². The van der Waals surface area contributed by atoms with Gasteiger partial charge in [0.1, 0.15) is 11.5 Å². The molecule has 2 aromatic rings. The Morgan fingerprint density at radius 3 is 2.67 bits per heavy atom. The van der Waals surface area contributed by atoms with Crippen molar-refractivity contribution in [3.8, 4) is 11.3 Å². The Hall–Kier alpha value is -2.07. The molecule has 0 spiro atoms. The van der Waals surface area contributed by atoms with E-state index >= 15 is 0 Å². The molecule has 1 aliphatic rings. The number of nitrogens with one attached hydrogen (secondary N) is 1. The molecule has 4 heteroatoms. The third-order valence-electron chi connectivity index (χ3n) is 4.67. The van der Waals surface area contributed by atoms with Crippen molar-refractivity contribution in [1.29, 1.82) is 0 Å². The molecule has 1 amide bonds. The lowest BCUT2D eigenvalue weighted by Crippen LogP contribution is -2.41. The van der Waals surface area contributed by atoms with Gasteiger partial charge < -0.3 is 9.73 Å². The van der Waals surface area contributed by atoms with Gasteiger partial charge in [0.15, 0.2) is 0 Å². The van der Waals surface area contributed by atoms with Crippen molar-refractivity contribution in [2.45, 2.75) is 52.2 Å². The minimum Gasteiger partial charge on any atom is -0.461 e. The Morgan fingerprint density at radius 1 is 1.25 bits per heavy atom. The van der Waals surface area contributed by atoms with Crippen LogP contribution in [-0.2, 0) is 11.3 Å². The molecule has 1 aromatic carbocycles. The van der Waals surface area contributed by atoms with E-state index in [1.165, 1.54) is 5.56 Å². The first-order chi connectivity index (χ1) is 11.5. The zero-order valence-electron chi connectivity index (χ0n) is 14.7. The maximum atomic E-state index is 11.5. The minimum absolute atomic E-state index is 0.176. The Bertz CT molecular complexity index is 705. The van der Waals surface area contributed by atoms with E-state index in [0.717, 1.165) is 36.6 Å². The van der Waals surface area contributed by atoms with Crippen molar-refractivity contribution in [2.24, 2.45) is 0 Å². The van der Waals surface area contributed by atoms with Gasteiger partial charge in [0, 0.05) is 37.2 Å². The Kier molecular flexibility index (Phi) is 5.05. The number of carbonyl (C=O) groups is 1. The van der Waals surface area contributed by atoms with Crippen LogP contribution in [0.1, 0.15) is 38.0 Å². The third kappa shape index (κ3) is 3.88. The van der Waals surface area contributed by atoms with E-state index in [1.807, 2.05) is 25.1 Å². The van der Waals surface area contributed by atoms with Gasteiger partial charge in [-0.15, -0.1) is 0 Å². The SMILES string of the molecule is Cc1ccc(-c2ccccc2CN(CC2CCC(=O)N2)C(C)C)o1. The minimum atomic E-state index is 0.176. The molecule has 24 heavy (non-hydrogen) atoms. The van der Waals surface area contributed by atoms with Crippen molar-refractivity contribution in [1.82, 2.24) is 10.2 Å². The number of rotatable bonds is 6. The quantitative estimate of drug-likeness (QED) is 0.879. The molecular weight excluding hydrogens is 300 g/mol. The second-order valence-electron chi connectivity index (χ2n) is 6.89. The molecule has 4 nitrogen and oxygen atoms in total. The smallest absolute Gasteiger partial charge is 0.220 e. The van der Waals surface area contributed by atoms with Crippen LogP contribution in [0.5, 0.6) is 0 Å². The highest BCUT2D eigenvalue weighted by Crippen LogP contribution is 2.27. The number of amides is 1. The van der Waals surface area contributed by atoms with E-state index in [0.29, 0.717) is 12.5 Å². The lowest BCUT2D eigenvalue weighted by molar-refractivity contribution is -0.119. The predicted molar refractivity (Wildman–Crippen MR) is 95.6 cm³/mol. The van der Waals surface area contributed by atoms with Crippen molar-refractivity contribution in [3.63, 3.8) is 0 Å². The van der Waals surface area contributed by atoms with Crippen LogP contribution in [0.25, 0.3) is 11.3 Å². The lowest BCUT2D eigenvalue weighted by Gasteiger charge is -2.29. The van der Waals surface area contributed by atoms with Gasteiger partial charge in [-0.1, -0.05) is 24.3 Å². The first-order valence-electron chi connectivity index (χ1n) is 8.71. The largest absolute Gasteiger partial charge is 0.461 e. The van der Waals surface area contributed by atoms with Crippen LogP contribution in [0.3, 0.4) is 0 Å². The molecule has 0 bridgehead atoms. The molecule has 1 saturated heterocycles. The fourth-order valence-corrected chi connectivity index (χ4v) is 3.25. The Balaban J connectivity index is 1.79. The fourth-order valence-electron chi connectivity index (χ4n) is 3.25. The summed E-state index contributed by atoms with van der Waals surface area (Å²) in [6.07, 6.45) is 1.58. The van der Waals surface area contributed by atoms with E-state index in [-0.39, 0.29) is 11.9 Å². The monoisotopic (exact) mass is 326 g/mol. The standard InChI is InChI=1S/C20H26N2O2/c1-14(2)22(13-17-9-11-20(23)21-17)12-16-6-4-5-7-18(16)19-10-8-15(3)24-19/h4-8,10,14,17H,9,11-13H2,1-3H3,(H,21,23). The van der Waals surface area contributed by atoms with Crippen LogP contribution in [0.4, 0.5) is 0 Å². The molecule has 1 aromatic heterocycles. The molecule has 128 valence electrons. The predicted octanol–water partition coefficient (Wildman–Crippen LogP) is 3.74. The van der Waals surface area contributed by atoms with Crippen molar-refractivity contribution in [3.05, 3.63) is 47.7 Å². The topological polar surface area (TPSA) is 45.5 Å². The normalized spacial score (nSPS) is 17.7. The van der Waals surface area contributed by atoms with Gasteiger partial charge in [-0.25, -0.2) is 0 Å². The zero-order chi connectivity index (χ0) is 17.1. The summed E-state index contributed by atoms with van der Waals surface area (Å²) in [5.74, 6) is 2.02. The van der Waals surface area contributed by atoms with Gasteiger partial charge in [-0.2, -0.15) is 0 Å². The molecule has 2 heterocycles. The molecule has 1 fully saturated rings. The highest BCUT2D eigenvalue weighted by atomic mass is 16.3. The highest BCUT2D eigenvalue weighted by Gasteiger charge is 2.24. The van der Waals surface area contributed by atoms with E-state index in [1.54, 1.807) is 0 Å². The molecule has 1 N–H and O–H groups in total. The Morgan fingerprint density at radius 2 is 2.04 bits per heavy atom. The molecule has 0 radical (unpaired) electrons. The van der Waals surface area contributed by atoms with Crippen molar-refractivity contribution < 1.29 is 9.21 Å². The molecule has 0 aliphatic carbocycles. The second kappa shape index (κ2) is 7.22. The number of nitrogens with zero attached hydrogens (tertiary/aromatic N) is 1. The second-order valence-corrected chi connectivity index (χ2v) is 6.89. The number of benzene rings is 1. The number of carbonyl (C=O) groups excluding carboxylic acids is 1. The average Bonchev–Trinajstić information content (AvgIpc) is 3.15.